The second kappa shape index (κ2) is 5.67. The topological polar surface area (TPSA) is 46.9 Å². The van der Waals surface area contributed by atoms with Crippen LogP contribution in [0.15, 0.2) is 22.8 Å². The van der Waals surface area contributed by atoms with Gasteiger partial charge < -0.3 is 5.32 Å². The fraction of sp³-hybridized carbons (Fsp3) is 0.333. The Kier molecular flexibility index (Phi) is 4.19. The fourth-order valence-electron chi connectivity index (χ4n) is 1.58. The molecule has 96 valence electrons. The Morgan fingerprint density at radius 3 is 3.00 bits per heavy atom. The van der Waals surface area contributed by atoms with Gasteiger partial charge in [-0.15, -0.1) is 11.3 Å². The summed E-state index contributed by atoms with van der Waals surface area (Å²) in [5.74, 6) is -0.0176. The van der Waals surface area contributed by atoms with Gasteiger partial charge in [0.05, 0.1) is 15.4 Å². The Bertz CT molecular complexity index is 561. The van der Waals surface area contributed by atoms with Crippen molar-refractivity contribution >= 4 is 33.2 Å². The molecule has 0 radical (unpaired) electrons. The molecule has 2 aromatic rings. The third-order valence-electron chi connectivity index (χ3n) is 2.50. The number of carbonyl (C=O) groups excluding carboxylic acids is 1. The zero-order chi connectivity index (χ0) is 13.1. The third-order valence-corrected chi connectivity index (χ3v) is 4.54. The van der Waals surface area contributed by atoms with Gasteiger partial charge in [0.1, 0.15) is 0 Å². The second-order valence-electron chi connectivity index (χ2n) is 3.88. The van der Waals surface area contributed by atoms with Crippen molar-refractivity contribution in [3.05, 3.63) is 27.7 Å². The first-order chi connectivity index (χ1) is 8.63. The number of rotatable bonds is 4. The van der Waals surface area contributed by atoms with Gasteiger partial charge in [-0.1, -0.05) is 6.92 Å². The van der Waals surface area contributed by atoms with Crippen LogP contribution in [0.3, 0.4) is 0 Å². The normalized spacial score (nSPS) is 10.6. The first kappa shape index (κ1) is 13.3. The van der Waals surface area contributed by atoms with Crippen molar-refractivity contribution in [2.75, 3.05) is 6.54 Å². The lowest BCUT2D eigenvalue weighted by Crippen LogP contribution is -2.22. The first-order valence-electron chi connectivity index (χ1n) is 5.69. The van der Waals surface area contributed by atoms with Crippen LogP contribution in [0.2, 0.25) is 0 Å². The molecular weight excluding hydrogens is 314 g/mol. The van der Waals surface area contributed by atoms with Gasteiger partial charge in [-0.2, -0.15) is 5.10 Å². The maximum Gasteiger partial charge on any atom is 0.261 e. The third kappa shape index (κ3) is 2.64. The number of aromatic nitrogens is 2. The number of carbonyl (C=O) groups is 1. The maximum atomic E-state index is 11.9. The van der Waals surface area contributed by atoms with Crippen LogP contribution in [-0.2, 0) is 7.05 Å². The number of aryl methyl sites for hydroxylation is 1. The van der Waals surface area contributed by atoms with E-state index in [1.54, 1.807) is 10.9 Å². The molecule has 1 N–H and O–H groups in total. The number of hydrogen-bond acceptors (Lipinski definition) is 3. The predicted molar refractivity (Wildman–Crippen MR) is 76.8 cm³/mol. The molecule has 1 amide bonds. The highest BCUT2D eigenvalue weighted by Crippen LogP contribution is 2.36. The van der Waals surface area contributed by atoms with E-state index in [-0.39, 0.29) is 5.91 Å². The molecule has 6 heteroatoms. The maximum absolute atomic E-state index is 11.9. The predicted octanol–water partition coefficient (Wildman–Crippen LogP) is 3.05. The molecule has 2 heterocycles. The summed E-state index contributed by atoms with van der Waals surface area (Å²) in [5, 5.41) is 7.02. The zero-order valence-electron chi connectivity index (χ0n) is 10.2. The van der Waals surface area contributed by atoms with Crippen molar-refractivity contribution in [1.82, 2.24) is 15.1 Å². The molecule has 0 spiro atoms. The Balaban J connectivity index is 2.28. The van der Waals surface area contributed by atoms with Crippen LogP contribution in [0.25, 0.3) is 10.6 Å². The van der Waals surface area contributed by atoms with Gasteiger partial charge in [-0.3, -0.25) is 9.48 Å². The Morgan fingerprint density at radius 1 is 1.61 bits per heavy atom. The number of nitrogens with zero attached hydrogens (tertiary/aromatic N) is 2. The molecular formula is C12H14BrN3OS. The Morgan fingerprint density at radius 2 is 2.39 bits per heavy atom. The van der Waals surface area contributed by atoms with Gasteiger partial charge in [0.15, 0.2) is 0 Å². The van der Waals surface area contributed by atoms with Crippen LogP contribution in [0.1, 0.15) is 23.0 Å². The van der Waals surface area contributed by atoms with Crippen molar-refractivity contribution in [3.63, 3.8) is 0 Å². The van der Waals surface area contributed by atoms with Gasteiger partial charge in [0.2, 0.25) is 0 Å². The number of nitrogens with one attached hydrogen (secondary N) is 1. The van der Waals surface area contributed by atoms with E-state index in [1.807, 2.05) is 26.1 Å². The monoisotopic (exact) mass is 327 g/mol. The van der Waals surface area contributed by atoms with Crippen LogP contribution in [0.4, 0.5) is 0 Å². The van der Waals surface area contributed by atoms with Gasteiger partial charge in [0.25, 0.3) is 5.91 Å². The minimum atomic E-state index is -0.0176. The first-order valence-corrected chi connectivity index (χ1v) is 7.30. The summed E-state index contributed by atoms with van der Waals surface area (Å²) in [5.41, 5.74) is 1.00. The van der Waals surface area contributed by atoms with Crippen molar-refractivity contribution < 1.29 is 4.79 Å². The lowest BCUT2D eigenvalue weighted by Gasteiger charge is -2.00. The minimum Gasteiger partial charge on any atom is -0.351 e. The standard InChI is InChI=1S/C12H14BrN3OS/c1-3-5-14-12(17)10-7-8(13)11(18-10)9-4-6-15-16(9)2/h4,6-7H,3,5H2,1-2H3,(H,14,17). The average Bonchev–Trinajstić information content (AvgIpc) is 2.92. The SMILES string of the molecule is CCCNC(=O)c1cc(Br)c(-c2ccnn2C)s1. The molecule has 0 bridgehead atoms. The zero-order valence-corrected chi connectivity index (χ0v) is 12.6. The molecule has 0 atom stereocenters. The molecule has 2 aromatic heterocycles. The van der Waals surface area contributed by atoms with Crippen molar-refractivity contribution in [2.45, 2.75) is 13.3 Å². The quantitative estimate of drug-likeness (QED) is 0.938. The molecule has 2 rings (SSSR count). The number of amides is 1. The van der Waals surface area contributed by atoms with Crippen molar-refractivity contribution in [3.8, 4) is 10.6 Å². The summed E-state index contributed by atoms with van der Waals surface area (Å²) < 4.78 is 2.72. The smallest absolute Gasteiger partial charge is 0.261 e. The van der Waals surface area contributed by atoms with Crippen LogP contribution < -0.4 is 5.32 Å². The van der Waals surface area contributed by atoms with Gasteiger partial charge in [-0.05, 0) is 34.5 Å². The van der Waals surface area contributed by atoms with Crippen molar-refractivity contribution in [1.29, 1.82) is 0 Å². The van der Waals surface area contributed by atoms with E-state index in [4.69, 9.17) is 0 Å². The molecule has 0 aliphatic heterocycles. The van der Waals surface area contributed by atoms with E-state index in [9.17, 15) is 4.79 Å². The molecule has 4 nitrogen and oxygen atoms in total. The summed E-state index contributed by atoms with van der Waals surface area (Å²) in [4.78, 5) is 13.6. The van der Waals surface area contributed by atoms with Crippen LogP contribution in [0.5, 0.6) is 0 Å². The average molecular weight is 328 g/mol. The Labute approximate surface area is 118 Å². The summed E-state index contributed by atoms with van der Waals surface area (Å²) in [6.45, 7) is 2.74. The van der Waals surface area contributed by atoms with Crippen molar-refractivity contribution in [2.24, 2.45) is 7.05 Å². The number of hydrogen-bond donors (Lipinski definition) is 1. The molecule has 0 unspecified atom stereocenters. The summed E-state index contributed by atoms with van der Waals surface area (Å²) in [6, 6.07) is 3.79. The summed E-state index contributed by atoms with van der Waals surface area (Å²) >= 11 is 4.97. The fourth-order valence-corrected chi connectivity index (χ4v) is 3.43. The van der Waals surface area contributed by atoms with Gasteiger partial charge in [0, 0.05) is 24.3 Å². The molecule has 0 fully saturated rings. The lowest BCUT2D eigenvalue weighted by atomic mass is 10.3. The highest BCUT2D eigenvalue weighted by Gasteiger charge is 2.15. The van der Waals surface area contributed by atoms with Crippen LogP contribution >= 0.6 is 27.3 Å². The second-order valence-corrected chi connectivity index (χ2v) is 5.79. The molecule has 0 saturated heterocycles. The van der Waals surface area contributed by atoms with Crippen LogP contribution in [0, 0.1) is 0 Å². The molecule has 0 aromatic carbocycles. The highest BCUT2D eigenvalue weighted by molar-refractivity contribution is 9.10. The van der Waals surface area contributed by atoms with Gasteiger partial charge in [-0.25, -0.2) is 0 Å². The molecule has 0 aliphatic rings. The van der Waals surface area contributed by atoms with Gasteiger partial charge >= 0.3 is 0 Å². The van der Waals surface area contributed by atoms with E-state index in [0.717, 1.165) is 21.5 Å². The minimum absolute atomic E-state index is 0.0176. The van der Waals surface area contributed by atoms with E-state index in [2.05, 4.69) is 26.3 Å². The molecule has 0 aliphatic carbocycles. The Hall–Kier alpha value is -1.14. The summed E-state index contributed by atoms with van der Waals surface area (Å²) in [6.07, 6.45) is 2.69. The molecule has 18 heavy (non-hydrogen) atoms. The lowest BCUT2D eigenvalue weighted by molar-refractivity contribution is 0.0957. The van der Waals surface area contributed by atoms with E-state index >= 15 is 0 Å². The number of thiophene rings is 1. The van der Waals surface area contributed by atoms with Crippen LogP contribution in [-0.4, -0.2) is 22.2 Å². The van der Waals surface area contributed by atoms with E-state index in [0.29, 0.717) is 11.4 Å². The number of halogens is 1. The largest absolute Gasteiger partial charge is 0.351 e. The summed E-state index contributed by atoms with van der Waals surface area (Å²) in [7, 11) is 1.89. The van der Waals surface area contributed by atoms with E-state index in [1.165, 1.54) is 11.3 Å². The molecule has 0 saturated carbocycles. The highest BCUT2D eigenvalue weighted by atomic mass is 79.9. The van der Waals surface area contributed by atoms with E-state index < -0.39 is 0 Å².